The van der Waals surface area contributed by atoms with E-state index in [1.165, 1.54) is 0 Å². The zero-order valence-electron chi connectivity index (χ0n) is 15.1. The highest BCUT2D eigenvalue weighted by Gasteiger charge is 2.28. The summed E-state index contributed by atoms with van der Waals surface area (Å²) in [4.78, 5) is 17.0. The maximum absolute atomic E-state index is 12.5. The van der Waals surface area contributed by atoms with Crippen molar-refractivity contribution < 1.29 is 19.0 Å². The number of nitrogens with zero attached hydrogens (tertiary/aromatic N) is 1. The van der Waals surface area contributed by atoms with Crippen LogP contribution in [0.4, 0.5) is 0 Å². The van der Waals surface area contributed by atoms with Crippen LogP contribution in [0.25, 0.3) is 10.6 Å². The van der Waals surface area contributed by atoms with Crippen LogP contribution in [0.3, 0.4) is 0 Å². The second-order valence-corrected chi connectivity index (χ2v) is 7.28. The van der Waals surface area contributed by atoms with Gasteiger partial charge in [0.05, 0.1) is 13.0 Å². The normalized spacial score (nSPS) is 15.6. The number of fused-ring (bicyclic) bond motifs is 1. The largest absolute Gasteiger partial charge is 0.497 e. The van der Waals surface area contributed by atoms with Crippen molar-refractivity contribution in [2.45, 2.75) is 13.3 Å². The van der Waals surface area contributed by atoms with E-state index in [0.29, 0.717) is 18.8 Å². The maximum Gasteiger partial charge on any atom is 0.318 e. The van der Waals surface area contributed by atoms with Gasteiger partial charge in [-0.05, 0) is 49.2 Å². The molecule has 1 aliphatic heterocycles. The molecule has 0 N–H and O–H groups in total. The molecular weight excluding hydrogens is 362 g/mol. The average molecular weight is 381 g/mol. The smallest absolute Gasteiger partial charge is 0.318 e. The molecule has 0 bridgehead atoms. The monoisotopic (exact) mass is 381 g/mol. The molecule has 0 saturated carbocycles. The Hall–Kier alpha value is -2.86. The van der Waals surface area contributed by atoms with Gasteiger partial charge in [-0.3, -0.25) is 4.79 Å². The molecule has 0 fully saturated rings. The summed E-state index contributed by atoms with van der Waals surface area (Å²) in [6.45, 7) is 2.27. The van der Waals surface area contributed by atoms with E-state index < -0.39 is 0 Å². The second-order valence-electron chi connectivity index (χ2n) is 6.43. The number of carbonyl (C=O) groups excluding carboxylic acids is 1. The van der Waals surface area contributed by atoms with E-state index >= 15 is 0 Å². The predicted molar refractivity (Wildman–Crippen MR) is 104 cm³/mol. The molecule has 0 saturated heterocycles. The molecule has 1 aromatic heterocycles. The highest BCUT2D eigenvalue weighted by molar-refractivity contribution is 7.13. The molecule has 6 heteroatoms. The first-order chi connectivity index (χ1) is 13.1. The van der Waals surface area contributed by atoms with Crippen LogP contribution in [-0.4, -0.2) is 24.7 Å². The first kappa shape index (κ1) is 17.5. The Balaban J connectivity index is 1.41. The van der Waals surface area contributed by atoms with Gasteiger partial charge < -0.3 is 14.2 Å². The third-order valence-corrected chi connectivity index (χ3v) is 5.46. The van der Waals surface area contributed by atoms with Crippen molar-refractivity contribution in [1.82, 2.24) is 4.98 Å². The number of hydrogen-bond donors (Lipinski definition) is 0. The summed E-state index contributed by atoms with van der Waals surface area (Å²) in [6, 6.07) is 13.1. The first-order valence-electron chi connectivity index (χ1n) is 8.66. The van der Waals surface area contributed by atoms with Crippen LogP contribution in [0, 0.1) is 12.8 Å². The quantitative estimate of drug-likeness (QED) is 0.499. The van der Waals surface area contributed by atoms with Gasteiger partial charge in [-0.25, -0.2) is 4.98 Å². The minimum atomic E-state index is -0.327. The van der Waals surface area contributed by atoms with Crippen LogP contribution >= 0.6 is 11.3 Å². The molecule has 1 unspecified atom stereocenters. The van der Waals surface area contributed by atoms with Crippen LogP contribution in [0.15, 0.2) is 47.8 Å². The van der Waals surface area contributed by atoms with Gasteiger partial charge in [-0.1, -0.05) is 6.07 Å². The number of esters is 1. The van der Waals surface area contributed by atoms with Gasteiger partial charge in [0.1, 0.15) is 28.9 Å². The second kappa shape index (κ2) is 7.40. The number of thiazole rings is 1. The van der Waals surface area contributed by atoms with Crippen LogP contribution in [0.5, 0.6) is 17.2 Å². The minimum absolute atomic E-state index is 0.283. The Bertz CT molecular complexity index is 965. The molecule has 0 radical (unpaired) electrons. The van der Waals surface area contributed by atoms with Crippen LogP contribution in [0.2, 0.25) is 0 Å². The highest BCUT2D eigenvalue weighted by atomic mass is 32.1. The van der Waals surface area contributed by atoms with Gasteiger partial charge in [-0.2, -0.15) is 0 Å². The number of aromatic nitrogens is 1. The molecule has 4 rings (SSSR count). The Morgan fingerprint density at radius 1 is 1.19 bits per heavy atom. The fourth-order valence-corrected chi connectivity index (χ4v) is 3.79. The minimum Gasteiger partial charge on any atom is -0.497 e. The Morgan fingerprint density at radius 2 is 1.96 bits per heavy atom. The highest BCUT2D eigenvalue weighted by Crippen LogP contribution is 2.32. The zero-order valence-corrected chi connectivity index (χ0v) is 15.9. The van der Waals surface area contributed by atoms with E-state index in [0.717, 1.165) is 33.3 Å². The average Bonchev–Trinajstić information content (AvgIpc) is 3.14. The van der Waals surface area contributed by atoms with Crippen molar-refractivity contribution in [3.63, 3.8) is 0 Å². The summed E-state index contributed by atoms with van der Waals surface area (Å²) >= 11 is 1.60. The zero-order chi connectivity index (χ0) is 18.8. The van der Waals surface area contributed by atoms with E-state index in [4.69, 9.17) is 14.2 Å². The molecule has 0 amide bonds. The van der Waals surface area contributed by atoms with E-state index in [1.54, 1.807) is 30.6 Å². The molecule has 2 heterocycles. The van der Waals surface area contributed by atoms with Crippen molar-refractivity contribution in [2.75, 3.05) is 13.7 Å². The van der Waals surface area contributed by atoms with E-state index in [1.807, 2.05) is 42.6 Å². The van der Waals surface area contributed by atoms with Gasteiger partial charge in [0.25, 0.3) is 0 Å². The van der Waals surface area contributed by atoms with Crippen molar-refractivity contribution in [1.29, 1.82) is 0 Å². The van der Waals surface area contributed by atoms with Gasteiger partial charge >= 0.3 is 5.97 Å². The maximum atomic E-state index is 12.5. The third-order valence-electron chi connectivity index (χ3n) is 4.45. The number of rotatable bonds is 4. The summed E-state index contributed by atoms with van der Waals surface area (Å²) < 4.78 is 16.5. The van der Waals surface area contributed by atoms with E-state index in [-0.39, 0.29) is 11.9 Å². The molecule has 0 spiro atoms. The van der Waals surface area contributed by atoms with Crippen LogP contribution < -0.4 is 14.2 Å². The lowest BCUT2D eigenvalue weighted by atomic mass is 9.97. The van der Waals surface area contributed by atoms with Gasteiger partial charge in [0.2, 0.25) is 0 Å². The molecular formula is C21H19NO4S. The lowest BCUT2D eigenvalue weighted by Crippen LogP contribution is -2.31. The number of hydrogen-bond acceptors (Lipinski definition) is 6. The van der Waals surface area contributed by atoms with E-state index in [2.05, 4.69) is 4.98 Å². The molecule has 1 aliphatic rings. The number of benzene rings is 2. The Labute approximate surface area is 161 Å². The SMILES string of the molecule is COc1ccc2c(c1)OCC(C(=O)Oc1ccc(-c3nc(C)cs3)cc1)C2. The lowest BCUT2D eigenvalue weighted by molar-refractivity contribution is -0.140. The molecule has 1 atom stereocenters. The number of carbonyl (C=O) groups is 1. The fraction of sp³-hybridized carbons (Fsp3) is 0.238. The lowest BCUT2D eigenvalue weighted by Gasteiger charge is -2.24. The van der Waals surface area contributed by atoms with Crippen molar-refractivity contribution in [3.05, 3.63) is 59.1 Å². The predicted octanol–water partition coefficient (Wildman–Crippen LogP) is 4.28. The van der Waals surface area contributed by atoms with Gasteiger partial charge in [0, 0.05) is 22.7 Å². The molecule has 138 valence electrons. The summed E-state index contributed by atoms with van der Waals surface area (Å²) in [5.74, 6) is 1.42. The Kier molecular flexibility index (Phi) is 4.81. The topological polar surface area (TPSA) is 57.7 Å². The molecule has 27 heavy (non-hydrogen) atoms. The molecule has 2 aromatic carbocycles. The standard InChI is InChI=1S/C21H19NO4S/c1-13-12-27-20(22-13)14-3-6-17(7-4-14)26-21(23)16-9-15-5-8-18(24-2)10-19(15)25-11-16/h3-8,10,12,16H,9,11H2,1-2H3. The summed E-state index contributed by atoms with van der Waals surface area (Å²) in [5.41, 5.74) is 3.00. The first-order valence-corrected chi connectivity index (χ1v) is 9.54. The summed E-state index contributed by atoms with van der Waals surface area (Å²) in [7, 11) is 1.62. The van der Waals surface area contributed by atoms with Gasteiger partial charge in [0.15, 0.2) is 0 Å². The van der Waals surface area contributed by atoms with Gasteiger partial charge in [-0.15, -0.1) is 11.3 Å². The van der Waals surface area contributed by atoms with Crippen molar-refractivity contribution >= 4 is 17.3 Å². The van der Waals surface area contributed by atoms with Crippen molar-refractivity contribution in [2.24, 2.45) is 5.92 Å². The third kappa shape index (κ3) is 3.80. The molecule has 3 aromatic rings. The molecule has 5 nitrogen and oxygen atoms in total. The Morgan fingerprint density at radius 3 is 2.67 bits per heavy atom. The number of methoxy groups -OCH3 is 1. The number of ether oxygens (including phenoxy) is 3. The van der Waals surface area contributed by atoms with Crippen LogP contribution in [-0.2, 0) is 11.2 Å². The molecule has 0 aliphatic carbocycles. The van der Waals surface area contributed by atoms with Crippen LogP contribution in [0.1, 0.15) is 11.3 Å². The summed E-state index contributed by atoms with van der Waals surface area (Å²) in [5, 5.41) is 2.97. The fourth-order valence-electron chi connectivity index (χ4n) is 2.98. The summed E-state index contributed by atoms with van der Waals surface area (Å²) in [6.07, 6.45) is 0.592. The van der Waals surface area contributed by atoms with E-state index in [9.17, 15) is 4.79 Å². The number of aryl methyl sites for hydroxylation is 1. The van der Waals surface area contributed by atoms with Crippen molar-refractivity contribution in [3.8, 4) is 27.8 Å².